The molecule has 0 aliphatic carbocycles. The molecule has 3 aromatic rings. The topological polar surface area (TPSA) is 50.8 Å². The first-order valence-electron chi connectivity index (χ1n) is 7.49. The first-order valence-corrected chi connectivity index (χ1v) is 7.87. The van der Waals surface area contributed by atoms with Gasteiger partial charge in [-0.05, 0) is 30.2 Å². The van der Waals surface area contributed by atoms with Crippen molar-refractivity contribution >= 4 is 22.5 Å². The van der Waals surface area contributed by atoms with Crippen LogP contribution in [0.15, 0.2) is 36.7 Å². The minimum absolute atomic E-state index is 0.0221. The molecule has 1 aromatic carbocycles. The molecule has 0 N–H and O–H groups in total. The zero-order chi connectivity index (χ0) is 17.3. The van der Waals surface area contributed by atoms with Gasteiger partial charge in [0.1, 0.15) is 16.9 Å². The molecule has 0 aliphatic rings. The van der Waals surface area contributed by atoms with E-state index in [1.165, 1.54) is 12.1 Å². The second kappa shape index (κ2) is 6.50. The minimum atomic E-state index is -0.555. The Morgan fingerprint density at radius 1 is 1.38 bits per heavy atom. The summed E-state index contributed by atoms with van der Waals surface area (Å²) >= 11 is 6.24. The lowest BCUT2D eigenvalue weighted by Gasteiger charge is -2.11. The predicted octanol–water partition coefficient (Wildman–Crippen LogP) is 4.72. The lowest BCUT2D eigenvalue weighted by molar-refractivity contribution is 0.261. The minimum Gasteiger partial charge on any atom is -0.476 e. The second-order valence-corrected chi connectivity index (χ2v) is 6.28. The van der Waals surface area contributed by atoms with Crippen LogP contribution in [0.5, 0.6) is 5.88 Å². The van der Waals surface area contributed by atoms with Crippen LogP contribution >= 0.6 is 11.6 Å². The molecule has 0 aliphatic heterocycles. The molecular formula is C18H15ClFN3O. The number of ether oxygens (including phenoxy) is 1. The van der Waals surface area contributed by atoms with Gasteiger partial charge in [-0.15, -0.1) is 0 Å². The Bertz CT molecular complexity index is 943. The molecule has 4 nitrogen and oxygen atoms in total. The fourth-order valence-electron chi connectivity index (χ4n) is 2.37. The largest absolute Gasteiger partial charge is 0.476 e. The Morgan fingerprint density at radius 3 is 2.83 bits per heavy atom. The summed E-state index contributed by atoms with van der Waals surface area (Å²) in [6.07, 6.45) is 3.41. The third kappa shape index (κ3) is 3.06. The first kappa shape index (κ1) is 16.3. The average molecular weight is 344 g/mol. The maximum absolute atomic E-state index is 13.9. The number of halogens is 2. The normalized spacial score (nSPS) is 11.0. The number of nitriles is 1. The van der Waals surface area contributed by atoms with Gasteiger partial charge in [0.2, 0.25) is 5.88 Å². The van der Waals surface area contributed by atoms with Crippen molar-refractivity contribution in [3.05, 3.63) is 53.1 Å². The van der Waals surface area contributed by atoms with Crippen LogP contribution in [0.2, 0.25) is 5.02 Å². The van der Waals surface area contributed by atoms with Gasteiger partial charge in [-0.3, -0.25) is 0 Å². The number of nitrogens with zero attached hydrogens (tertiary/aromatic N) is 3. The second-order valence-electron chi connectivity index (χ2n) is 5.87. The van der Waals surface area contributed by atoms with Gasteiger partial charge in [-0.1, -0.05) is 25.4 Å². The molecule has 0 atom stereocenters. The molecular weight excluding hydrogens is 329 g/mol. The van der Waals surface area contributed by atoms with Crippen LogP contribution < -0.4 is 4.74 Å². The summed E-state index contributed by atoms with van der Waals surface area (Å²) < 4.78 is 21.2. The van der Waals surface area contributed by atoms with Crippen molar-refractivity contribution in [2.45, 2.75) is 13.8 Å². The van der Waals surface area contributed by atoms with E-state index >= 15 is 0 Å². The molecule has 122 valence electrons. The predicted molar refractivity (Wildman–Crippen MR) is 91.1 cm³/mol. The molecule has 24 heavy (non-hydrogen) atoms. The van der Waals surface area contributed by atoms with E-state index < -0.39 is 5.82 Å². The van der Waals surface area contributed by atoms with E-state index in [4.69, 9.17) is 21.6 Å². The number of fused-ring (bicyclic) bond motifs is 1. The molecule has 0 saturated carbocycles. The van der Waals surface area contributed by atoms with Crippen molar-refractivity contribution in [1.82, 2.24) is 9.55 Å². The van der Waals surface area contributed by atoms with Crippen LogP contribution in [0, 0.1) is 23.1 Å². The van der Waals surface area contributed by atoms with Gasteiger partial charge < -0.3 is 9.30 Å². The van der Waals surface area contributed by atoms with Crippen LogP contribution in [0.1, 0.15) is 19.4 Å². The highest BCUT2D eigenvalue weighted by Crippen LogP contribution is 2.28. The summed E-state index contributed by atoms with van der Waals surface area (Å²) in [6, 6.07) is 8.24. The number of pyridine rings is 1. The Balaban J connectivity index is 2.00. The fraction of sp³-hybridized carbons (Fsp3) is 0.222. The molecule has 0 amide bonds. The maximum Gasteiger partial charge on any atom is 0.232 e. The zero-order valence-corrected chi connectivity index (χ0v) is 14.0. The highest BCUT2D eigenvalue weighted by molar-refractivity contribution is 6.32. The van der Waals surface area contributed by atoms with Crippen LogP contribution in [0.3, 0.4) is 0 Å². The summed E-state index contributed by atoms with van der Waals surface area (Å²) in [4.78, 5) is 4.25. The summed E-state index contributed by atoms with van der Waals surface area (Å²) in [7, 11) is 0. The van der Waals surface area contributed by atoms with Crippen molar-refractivity contribution in [3.63, 3.8) is 0 Å². The van der Waals surface area contributed by atoms with E-state index in [0.29, 0.717) is 34.6 Å². The standard InChI is InChI=1S/C18H15ClFN3O/c1-11(2)10-24-18-15(19)6-14(9-22-18)23-4-3-12-5-13(8-21)16(20)7-17(12)23/h3-7,9,11H,10H2,1-2H3. The van der Waals surface area contributed by atoms with E-state index in [-0.39, 0.29) is 5.56 Å². The number of benzene rings is 1. The molecule has 0 unspecified atom stereocenters. The Kier molecular flexibility index (Phi) is 4.41. The van der Waals surface area contributed by atoms with Gasteiger partial charge >= 0.3 is 0 Å². The monoisotopic (exact) mass is 343 g/mol. The van der Waals surface area contributed by atoms with E-state index in [1.807, 2.05) is 26.0 Å². The molecule has 0 bridgehead atoms. The number of aromatic nitrogens is 2. The van der Waals surface area contributed by atoms with Gasteiger partial charge in [0.05, 0.1) is 29.6 Å². The van der Waals surface area contributed by atoms with Crippen molar-refractivity contribution < 1.29 is 9.13 Å². The van der Waals surface area contributed by atoms with E-state index in [2.05, 4.69) is 4.98 Å². The molecule has 6 heteroatoms. The van der Waals surface area contributed by atoms with Crippen LogP contribution in [-0.2, 0) is 0 Å². The molecule has 0 radical (unpaired) electrons. The number of hydrogen-bond donors (Lipinski definition) is 0. The van der Waals surface area contributed by atoms with E-state index in [9.17, 15) is 4.39 Å². The quantitative estimate of drug-likeness (QED) is 0.688. The van der Waals surface area contributed by atoms with Gasteiger partial charge in [0.15, 0.2) is 0 Å². The van der Waals surface area contributed by atoms with Crippen molar-refractivity contribution in [2.75, 3.05) is 6.61 Å². The Morgan fingerprint density at radius 2 is 2.17 bits per heavy atom. The molecule has 2 aromatic heterocycles. The Labute approximate surface area is 144 Å². The van der Waals surface area contributed by atoms with Crippen LogP contribution in [0.25, 0.3) is 16.6 Å². The number of hydrogen-bond acceptors (Lipinski definition) is 3. The highest BCUT2D eigenvalue weighted by atomic mass is 35.5. The van der Waals surface area contributed by atoms with Gasteiger partial charge in [-0.2, -0.15) is 5.26 Å². The average Bonchev–Trinajstić information content (AvgIpc) is 2.95. The van der Waals surface area contributed by atoms with E-state index in [1.54, 1.807) is 23.0 Å². The van der Waals surface area contributed by atoms with Crippen LogP contribution in [-0.4, -0.2) is 16.2 Å². The van der Waals surface area contributed by atoms with E-state index in [0.717, 1.165) is 5.39 Å². The molecule has 2 heterocycles. The number of rotatable bonds is 4. The molecule has 3 rings (SSSR count). The maximum atomic E-state index is 13.9. The highest BCUT2D eigenvalue weighted by Gasteiger charge is 2.11. The lowest BCUT2D eigenvalue weighted by Crippen LogP contribution is -2.06. The van der Waals surface area contributed by atoms with Crippen molar-refractivity contribution in [3.8, 4) is 17.6 Å². The van der Waals surface area contributed by atoms with Crippen molar-refractivity contribution in [2.24, 2.45) is 5.92 Å². The zero-order valence-electron chi connectivity index (χ0n) is 13.3. The summed E-state index contributed by atoms with van der Waals surface area (Å²) in [5.41, 5.74) is 1.35. The summed E-state index contributed by atoms with van der Waals surface area (Å²) in [5, 5.41) is 10.1. The first-order chi connectivity index (χ1) is 11.5. The smallest absolute Gasteiger partial charge is 0.232 e. The van der Waals surface area contributed by atoms with Crippen LogP contribution in [0.4, 0.5) is 4.39 Å². The lowest BCUT2D eigenvalue weighted by atomic mass is 10.1. The van der Waals surface area contributed by atoms with Gasteiger partial charge in [0.25, 0.3) is 0 Å². The molecule has 0 saturated heterocycles. The molecule has 0 spiro atoms. The van der Waals surface area contributed by atoms with Gasteiger partial charge in [0, 0.05) is 11.6 Å². The third-order valence-corrected chi connectivity index (χ3v) is 3.79. The van der Waals surface area contributed by atoms with Gasteiger partial charge in [-0.25, -0.2) is 9.37 Å². The fourth-order valence-corrected chi connectivity index (χ4v) is 2.58. The Hall–Kier alpha value is -2.58. The molecule has 0 fully saturated rings. The van der Waals surface area contributed by atoms with Crippen molar-refractivity contribution in [1.29, 1.82) is 5.26 Å². The third-order valence-electron chi connectivity index (χ3n) is 3.52. The summed E-state index contributed by atoms with van der Waals surface area (Å²) in [6.45, 7) is 4.61. The SMILES string of the molecule is CC(C)COc1ncc(-n2ccc3cc(C#N)c(F)cc32)cc1Cl. The summed E-state index contributed by atoms with van der Waals surface area (Å²) in [5.74, 6) is 0.192.